The largest absolute Gasteiger partial charge is 0.493 e. The smallest absolute Gasteiger partial charge is 0.203 e. The minimum absolute atomic E-state index is 0.427. The van der Waals surface area contributed by atoms with Gasteiger partial charge in [-0.25, -0.2) is 0 Å². The number of benzene rings is 3. The summed E-state index contributed by atoms with van der Waals surface area (Å²) in [5.41, 5.74) is 3.92. The molecule has 180 valence electrons. The number of nitrogens with zero attached hydrogens (tertiary/aromatic N) is 2. The number of methoxy groups -OCH3 is 3. The van der Waals surface area contributed by atoms with Crippen molar-refractivity contribution >= 4 is 0 Å². The van der Waals surface area contributed by atoms with Crippen LogP contribution in [0.25, 0.3) is 0 Å². The maximum Gasteiger partial charge on any atom is 0.203 e. The minimum atomic E-state index is 0.427. The number of ether oxygens (including phenoxy) is 3. The number of piperazine rings is 1. The van der Waals surface area contributed by atoms with Crippen molar-refractivity contribution in [2.75, 3.05) is 54.1 Å². The van der Waals surface area contributed by atoms with Crippen molar-refractivity contribution < 1.29 is 14.2 Å². The van der Waals surface area contributed by atoms with Gasteiger partial charge in [-0.05, 0) is 30.2 Å². The molecule has 0 bridgehead atoms. The molecule has 1 fully saturated rings. The molecule has 1 heterocycles. The van der Waals surface area contributed by atoms with E-state index in [9.17, 15) is 0 Å². The Labute approximate surface area is 203 Å². The zero-order chi connectivity index (χ0) is 23.8. The molecule has 4 rings (SSSR count). The van der Waals surface area contributed by atoms with Crippen LogP contribution in [0.2, 0.25) is 0 Å². The zero-order valence-electron chi connectivity index (χ0n) is 20.6. The third kappa shape index (κ3) is 5.72. The van der Waals surface area contributed by atoms with E-state index in [0.717, 1.165) is 57.0 Å². The SMILES string of the molecule is COc1ccc(CN2CCN(CCC(c3ccccc3)c3ccccc3)CC2)c(OC)c1OC. The van der Waals surface area contributed by atoms with Crippen LogP contribution in [0.3, 0.4) is 0 Å². The van der Waals surface area contributed by atoms with E-state index in [1.165, 1.54) is 11.1 Å². The van der Waals surface area contributed by atoms with Gasteiger partial charge >= 0.3 is 0 Å². The molecule has 5 nitrogen and oxygen atoms in total. The van der Waals surface area contributed by atoms with Gasteiger partial charge in [-0.15, -0.1) is 0 Å². The van der Waals surface area contributed by atoms with Crippen molar-refractivity contribution in [3.63, 3.8) is 0 Å². The van der Waals surface area contributed by atoms with Crippen molar-refractivity contribution in [1.82, 2.24) is 9.80 Å². The molecule has 5 heteroatoms. The summed E-state index contributed by atoms with van der Waals surface area (Å²) in [6, 6.07) is 25.8. The second-order valence-electron chi connectivity index (χ2n) is 8.77. The predicted octanol–water partition coefficient (Wildman–Crippen LogP) is 5.05. The fourth-order valence-corrected chi connectivity index (χ4v) is 4.91. The topological polar surface area (TPSA) is 34.2 Å². The maximum absolute atomic E-state index is 5.68. The lowest BCUT2D eigenvalue weighted by atomic mass is 9.88. The number of hydrogen-bond donors (Lipinski definition) is 0. The second-order valence-corrected chi connectivity index (χ2v) is 8.77. The molecule has 0 aromatic heterocycles. The lowest BCUT2D eigenvalue weighted by Crippen LogP contribution is -2.46. The van der Waals surface area contributed by atoms with Crippen LogP contribution in [-0.2, 0) is 6.54 Å². The molecule has 0 aliphatic carbocycles. The van der Waals surface area contributed by atoms with E-state index in [4.69, 9.17) is 14.2 Å². The van der Waals surface area contributed by atoms with Gasteiger partial charge in [0.05, 0.1) is 21.3 Å². The molecule has 1 aliphatic heterocycles. The highest BCUT2D eigenvalue weighted by molar-refractivity contribution is 5.55. The molecule has 3 aromatic rings. The molecule has 0 atom stereocenters. The van der Waals surface area contributed by atoms with Crippen molar-refractivity contribution in [3.8, 4) is 17.2 Å². The average Bonchev–Trinajstić information content (AvgIpc) is 2.90. The van der Waals surface area contributed by atoms with E-state index in [1.54, 1.807) is 21.3 Å². The van der Waals surface area contributed by atoms with Crippen molar-refractivity contribution in [2.24, 2.45) is 0 Å². The van der Waals surface area contributed by atoms with Crippen LogP contribution in [-0.4, -0.2) is 63.9 Å². The molecular formula is C29H36N2O3. The molecule has 0 spiro atoms. The molecule has 0 saturated carbocycles. The van der Waals surface area contributed by atoms with Crippen LogP contribution in [0.1, 0.15) is 29.0 Å². The monoisotopic (exact) mass is 460 g/mol. The highest BCUT2D eigenvalue weighted by Crippen LogP contribution is 2.40. The minimum Gasteiger partial charge on any atom is -0.493 e. The third-order valence-corrected chi connectivity index (χ3v) is 6.78. The highest BCUT2D eigenvalue weighted by atomic mass is 16.5. The van der Waals surface area contributed by atoms with Crippen molar-refractivity contribution in [1.29, 1.82) is 0 Å². The maximum atomic E-state index is 5.68. The molecular weight excluding hydrogens is 424 g/mol. The molecule has 0 amide bonds. The van der Waals surface area contributed by atoms with Gasteiger partial charge in [0, 0.05) is 44.2 Å². The third-order valence-electron chi connectivity index (χ3n) is 6.78. The van der Waals surface area contributed by atoms with Gasteiger partial charge in [-0.3, -0.25) is 4.90 Å². The summed E-state index contributed by atoms with van der Waals surface area (Å²) in [6.45, 7) is 6.17. The molecule has 34 heavy (non-hydrogen) atoms. The first-order chi connectivity index (χ1) is 16.7. The Kier molecular flexibility index (Phi) is 8.45. The van der Waals surface area contributed by atoms with Gasteiger partial charge in [0.2, 0.25) is 5.75 Å². The first-order valence-corrected chi connectivity index (χ1v) is 12.1. The summed E-state index contributed by atoms with van der Waals surface area (Å²) < 4.78 is 16.7. The van der Waals surface area contributed by atoms with Crippen LogP contribution in [0.4, 0.5) is 0 Å². The fraction of sp³-hybridized carbons (Fsp3) is 0.379. The summed E-state index contributed by atoms with van der Waals surface area (Å²) in [5.74, 6) is 2.54. The summed E-state index contributed by atoms with van der Waals surface area (Å²) in [7, 11) is 4.99. The zero-order valence-corrected chi connectivity index (χ0v) is 20.6. The first kappa shape index (κ1) is 24.1. The molecule has 3 aromatic carbocycles. The van der Waals surface area contributed by atoms with Gasteiger partial charge in [0.15, 0.2) is 11.5 Å². The van der Waals surface area contributed by atoms with Gasteiger partial charge in [0.1, 0.15) is 0 Å². The average molecular weight is 461 g/mol. The summed E-state index contributed by atoms with van der Waals surface area (Å²) in [6.07, 6.45) is 1.12. The van der Waals surface area contributed by atoms with Crippen LogP contribution < -0.4 is 14.2 Å². The van der Waals surface area contributed by atoms with Crippen LogP contribution in [0, 0.1) is 0 Å². The van der Waals surface area contributed by atoms with E-state index in [1.807, 2.05) is 6.07 Å². The molecule has 1 aliphatic rings. The summed E-state index contributed by atoms with van der Waals surface area (Å²) >= 11 is 0. The molecule has 0 radical (unpaired) electrons. The molecule has 1 saturated heterocycles. The quantitative estimate of drug-likeness (QED) is 0.423. The lowest BCUT2D eigenvalue weighted by molar-refractivity contribution is 0.124. The first-order valence-electron chi connectivity index (χ1n) is 12.1. The Morgan fingerprint density at radius 2 is 1.21 bits per heavy atom. The highest BCUT2D eigenvalue weighted by Gasteiger charge is 2.22. The number of hydrogen-bond acceptors (Lipinski definition) is 5. The van der Waals surface area contributed by atoms with Gasteiger partial charge in [0.25, 0.3) is 0 Å². The normalized spacial score (nSPS) is 14.8. The van der Waals surface area contributed by atoms with Gasteiger partial charge in [-0.1, -0.05) is 66.7 Å². The summed E-state index contributed by atoms with van der Waals surface area (Å²) in [5, 5.41) is 0. The van der Waals surface area contributed by atoms with E-state index in [-0.39, 0.29) is 0 Å². The predicted molar refractivity (Wildman–Crippen MR) is 137 cm³/mol. The Balaban J connectivity index is 1.35. The van der Waals surface area contributed by atoms with Crippen LogP contribution in [0.5, 0.6) is 17.2 Å². The summed E-state index contributed by atoms with van der Waals surface area (Å²) in [4.78, 5) is 5.09. The van der Waals surface area contributed by atoms with Crippen LogP contribution >= 0.6 is 0 Å². The Bertz CT molecular complexity index is 979. The van der Waals surface area contributed by atoms with Gasteiger partial charge < -0.3 is 19.1 Å². The lowest BCUT2D eigenvalue weighted by Gasteiger charge is -2.35. The van der Waals surface area contributed by atoms with E-state index >= 15 is 0 Å². The molecule has 0 unspecified atom stereocenters. The van der Waals surface area contributed by atoms with E-state index in [0.29, 0.717) is 17.4 Å². The Hall–Kier alpha value is -3.02. The van der Waals surface area contributed by atoms with Gasteiger partial charge in [-0.2, -0.15) is 0 Å². The Morgan fingerprint density at radius 3 is 1.74 bits per heavy atom. The van der Waals surface area contributed by atoms with E-state index in [2.05, 4.69) is 76.5 Å². The van der Waals surface area contributed by atoms with Crippen LogP contribution in [0.15, 0.2) is 72.8 Å². The number of rotatable bonds is 10. The standard InChI is InChI=1S/C29H36N2O3/c1-32-27-15-14-25(28(33-2)29(27)34-3)22-31-20-18-30(19-21-31)17-16-26(23-10-6-4-7-11-23)24-12-8-5-9-13-24/h4-15,26H,16-22H2,1-3H3. The van der Waals surface area contributed by atoms with E-state index < -0.39 is 0 Å². The Morgan fingerprint density at radius 1 is 0.647 bits per heavy atom. The fourth-order valence-electron chi connectivity index (χ4n) is 4.91. The van der Waals surface area contributed by atoms with Crippen molar-refractivity contribution in [2.45, 2.75) is 18.9 Å². The molecule has 0 N–H and O–H groups in total. The van der Waals surface area contributed by atoms with Crippen molar-refractivity contribution in [3.05, 3.63) is 89.5 Å². The second kappa shape index (κ2) is 11.9.